The zero-order chi connectivity index (χ0) is 7.56. The molecule has 4 heteroatoms. The molecule has 0 amide bonds. The van der Waals surface area contributed by atoms with Gasteiger partial charge in [-0.05, 0) is 30.5 Å². The molecule has 0 bridgehead atoms. The van der Waals surface area contributed by atoms with Crippen molar-refractivity contribution in [2.75, 3.05) is 0 Å². The number of rotatable bonds is 0. The summed E-state index contributed by atoms with van der Waals surface area (Å²) in [6.07, 6.45) is 4.19. The van der Waals surface area contributed by atoms with Crippen molar-refractivity contribution < 1.29 is 8.76 Å². The van der Waals surface area contributed by atoms with E-state index in [2.05, 4.69) is 4.99 Å². The summed E-state index contributed by atoms with van der Waals surface area (Å²) in [6.45, 7) is 1.89. The van der Waals surface area contributed by atoms with Crippen LogP contribution in [0.25, 0.3) is 0 Å². The Morgan fingerprint density at radius 1 is 1.90 bits per heavy atom. The van der Waals surface area contributed by atoms with Crippen molar-refractivity contribution in [1.82, 2.24) is 0 Å². The molecule has 2 unspecified atom stereocenters. The SMILES string of the molecule is CC1CC=CC(S(=O)[O-])=N1. The minimum atomic E-state index is -2.16. The lowest BCUT2D eigenvalue weighted by atomic mass is 10.2. The van der Waals surface area contributed by atoms with Crippen molar-refractivity contribution in [2.24, 2.45) is 4.99 Å². The Morgan fingerprint density at radius 2 is 2.60 bits per heavy atom. The van der Waals surface area contributed by atoms with E-state index in [-0.39, 0.29) is 11.1 Å². The van der Waals surface area contributed by atoms with Crippen LogP contribution in [0.1, 0.15) is 13.3 Å². The average molecular weight is 158 g/mol. The molecular formula is C6H8NO2S-. The molecular weight excluding hydrogens is 150 g/mol. The number of hydrogen-bond donors (Lipinski definition) is 0. The van der Waals surface area contributed by atoms with E-state index in [0.717, 1.165) is 6.42 Å². The summed E-state index contributed by atoms with van der Waals surface area (Å²) in [5.74, 6) is 0. The molecule has 0 aromatic heterocycles. The maximum atomic E-state index is 10.3. The lowest BCUT2D eigenvalue weighted by Crippen LogP contribution is -2.11. The first-order valence-electron chi connectivity index (χ1n) is 3.04. The van der Waals surface area contributed by atoms with Crippen LogP contribution in [0.3, 0.4) is 0 Å². The maximum Gasteiger partial charge on any atom is 0.107 e. The second-order valence-electron chi connectivity index (χ2n) is 2.19. The Labute approximate surface area is 62.1 Å². The fourth-order valence-corrected chi connectivity index (χ4v) is 1.25. The van der Waals surface area contributed by atoms with Crippen LogP contribution in [-0.2, 0) is 11.1 Å². The van der Waals surface area contributed by atoms with E-state index in [1.165, 1.54) is 6.08 Å². The van der Waals surface area contributed by atoms with Gasteiger partial charge in [0.25, 0.3) is 0 Å². The molecule has 0 aliphatic carbocycles. The van der Waals surface area contributed by atoms with Crippen molar-refractivity contribution in [3.63, 3.8) is 0 Å². The van der Waals surface area contributed by atoms with Crippen molar-refractivity contribution in [2.45, 2.75) is 19.4 Å². The summed E-state index contributed by atoms with van der Waals surface area (Å²) in [4.78, 5) is 3.90. The molecule has 0 N–H and O–H groups in total. The molecule has 0 saturated heterocycles. The monoisotopic (exact) mass is 158 g/mol. The quantitative estimate of drug-likeness (QED) is 0.485. The predicted octanol–water partition coefficient (Wildman–Crippen LogP) is 0.612. The highest BCUT2D eigenvalue weighted by Gasteiger charge is 2.04. The largest absolute Gasteiger partial charge is 0.767 e. The van der Waals surface area contributed by atoms with Crippen molar-refractivity contribution >= 4 is 16.1 Å². The van der Waals surface area contributed by atoms with Gasteiger partial charge in [0.2, 0.25) is 0 Å². The Kier molecular flexibility index (Phi) is 2.34. The van der Waals surface area contributed by atoms with E-state index >= 15 is 0 Å². The lowest BCUT2D eigenvalue weighted by Gasteiger charge is -2.12. The third-order valence-electron chi connectivity index (χ3n) is 1.26. The molecule has 0 aromatic rings. The molecule has 2 atom stereocenters. The van der Waals surface area contributed by atoms with Crippen LogP contribution in [0.5, 0.6) is 0 Å². The highest BCUT2D eigenvalue weighted by atomic mass is 32.2. The zero-order valence-electron chi connectivity index (χ0n) is 5.61. The van der Waals surface area contributed by atoms with Gasteiger partial charge < -0.3 is 4.55 Å². The third-order valence-corrected chi connectivity index (χ3v) is 1.84. The molecule has 10 heavy (non-hydrogen) atoms. The number of dihydropyridines is 1. The Morgan fingerprint density at radius 3 is 3.00 bits per heavy atom. The lowest BCUT2D eigenvalue weighted by molar-refractivity contribution is 0.549. The van der Waals surface area contributed by atoms with E-state index in [1.807, 2.05) is 13.0 Å². The van der Waals surface area contributed by atoms with Gasteiger partial charge in [0.05, 0.1) is 6.04 Å². The van der Waals surface area contributed by atoms with Crippen LogP contribution >= 0.6 is 0 Å². The number of nitrogens with zero attached hydrogens (tertiary/aromatic N) is 1. The third kappa shape index (κ3) is 1.75. The van der Waals surface area contributed by atoms with E-state index in [4.69, 9.17) is 0 Å². The number of hydrogen-bond acceptors (Lipinski definition) is 3. The summed E-state index contributed by atoms with van der Waals surface area (Å²) in [6, 6.07) is 0.109. The minimum absolute atomic E-state index is 0.109. The standard InChI is InChI=1S/C6H9NO2S/c1-5-3-2-4-6(7-5)10(8)9/h2,4-5H,3H2,1H3,(H,8,9)/p-1. The van der Waals surface area contributed by atoms with Gasteiger partial charge in [0.15, 0.2) is 0 Å². The molecule has 3 nitrogen and oxygen atoms in total. The maximum absolute atomic E-state index is 10.3. The summed E-state index contributed by atoms with van der Waals surface area (Å²) in [7, 11) is 0. The van der Waals surface area contributed by atoms with E-state index < -0.39 is 11.1 Å². The predicted molar refractivity (Wildman–Crippen MR) is 39.6 cm³/mol. The summed E-state index contributed by atoms with van der Waals surface area (Å²) >= 11 is -2.16. The molecule has 0 spiro atoms. The summed E-state index contributed by atoms with van der Waals surface area (Å²) in [5, 5.41) is 0.166. The molecule has 1 rings (SSSR count). The van der Waals surface area contributed by atoms with Gasteiger partial charge in [-0.2, -0.15) is 0 Å². The topological polar surface area (TPSA) is 52.5 Å². The van der Waals surface area contributed by atoms with Crippen molar-refractivity contribution in [3.8, 4) is 0 Å². The van der Waals surface area contributed by atoms with Gasteiger partial charge in [0, 0.05) is 0 Å². The average Bonchev–Trinajstić information content (AvgIpc) is 1.88. The van der Waals surface area contributed by atoms with Crippen LogP contribution in [0.4, 0.5) is 0 Å². The first kappa shape index (κ1) is 7.63. The molecule has 56 valence electrons. The fourth-order valence-electron chi connectivity index (χ4n) is 0.777. The van der Waals surface area contributed by atoms with Gasteiger partial charge in [-0.15, -0.1) is 0 Å². The molecule has 0 fully saturated rings. The van der Waals surface area contributed by atoms with E-state index in [1.54, 1.807) is 0 Å². The summed E-state index contributed by atoms with van der Waals surface area (Å²) < 4.78 is 20.6. The van der Waals surface area contributed by atoms with Crippen LogP contribution in [0, 0.1) is 0 Å². The van der Waals surface area contributed by atoms with Crippen molar-refractivity contribution in [1.29, 1.82) is 0 Å². The van der Waals surface area contributed by atoms with Crippen LogP contribution in [-0.4, -0.2) is 19.8 Å². The van der Waals surface area contributed by atoms with Crippen LogP contribution in [0.15, 0.2) is 17.1 Å². The highest BCUT2D eigenvalue weighted by Crippen LogP contribution is 2.06. The minimum Gasteiger partial charge on any atom is -0.767 e. The highest BCUT2D eigenvalue weighted by molar-refractivity contribution is 7.96. The molecule has 0 saturated carbocycles. The Hall–Kier alpha value is -0.480. The van der Waals surface area contributed by atoms with Gasteiger partial charge in [-0.25, -0.2) is 0 Å². The van der Waals surface area contributed by atoms with Gasteiger partial charge in [-0.1, -0.05) is 6.08 Å². The van der Waals surface area contributed by atoms with Gasteiger partial charge >= 0.3 is 0 Å². The Balaban J connectivity index is 2.76. The summed E-state index contributed by atoms with van der Waals surface area (Å²) in [5.41, 5.74) is 0. The first-order valence-corrected chi connectivity index (χ1v) is 4.11. The molecule has 1 heterocycles. The molecule has 1 aliphatic rings. The van der Waals surface area contributed by atoms with E-state index in [9.17, 15) is 8.76 Å². The molecule has 0 aromatic carbocycles. The van der Waals surface area contributed by atoms with Crippen LogP contribution < -0.4 is 0 Å². The van der Waals surface area contributed by atoms with E-state index in [0.29, 0.717) is 0 Å². The van der Waals surface area contributed by atoms with Crippen LogP contribution in [0.2, 0.25) is 0 Å². The van der Waals surface area contributed by atoms with Gasteiger partial charge in [-0.3, -0.25) is 9.20 Å². The molecule has 0 radical (unpaired) electrons. The number of aliphatic imine (C=N–C) groups is 1. The smallest absolute Gasteiger partial charge is 0.107 e. The fraction of sp³-hybridized carbons (Fsp3) is 0.500. The second-order valence-corrected chi connectivity index (χ2v) is 3.08. The zero-order valence-corrected chi connectivity index (χ0v) is 6.43. The Bertz CT molecular complexity index is 210. The molecule has 1 aliphatic heterocycles. The second kappa shape index (κ2) is 3.07. The first-order chi connectivity index (χ1) is 4.70. The van der Waals surface area contributed by atoms with Crippen molar-refractivity contribution in [3.05, 3.63) is 12.2 Å². The van der Waals surface area contributed by atoms with Gasteiger partial charge in [0.1, 0.15) is 5.04 Å². The normalized spacial score (nSPS) is 27.8.